The molecule has 0 radical (unpaired) electrons. The number of imidazole rings is 1. The van der Waals surface area contributed by atoms with Crippen molar-refractivity contribution >= 4 is 73.7 Å². The van der Waals surface area contributed by atoms with E-state index >= 15 is 0 Å². The van der Waals surface area contributed by atoms with Crippen molar-refractivity contribution in [2.24, 2.45) is 0 Å². The fraction of sp³-hybridized carbons (Fsp3) is 0.360. The number of carbonyl (C=O) groups is 3. The molecule has 0 unspecified atom stereocenters. The highest BCUT2D eigenvalue weighted by Crippen LogP contribution is 2.24. The number of amides is 3. The van der Waals surface area contributed by atoms with E-state index in [9.17, 15) is 22.8 Å². The van der Waals surface area contributed by atoms with Crippen LogP contribution in [0.4, 0.5) is 5.95 Å². The lowest BCUT2D eigenvalue weighted by molar-refractivity contribution is -0.144. The van der Waals surface area contributed by atoms with E-state index in [4.69, 9.17) is 11.6 Å². The Balaban J connectivity index is 1.19. The minimum absolute atomic E-state index is 0.227. The van der Waals surface area contributed by atoms with Crippen molar-refractivity contribution in [1.29, 1.82) is 0 Å². The molecule has 11 nitrogen and oxygen atoms in total. The zero-order valence-electron chi connectivity index (χ0n) is 20.8. The summed E-state index contributed by atoms with van der Waals surface area (Å²) in [5.74, 6) is -0.871. The fourth-order valence-electron chi connectivity index (χ4n) is 4.82. The summed E-state index contributed by atoms with van der Waals surface area (Å²) in [5, 5.41) is 3.76. The molecule has 0 spiro atoms. The van der Waals surface area contributed by atoms with Gasteiger partial charge in [-0.05, 0) is 56.0 Å². The van der Waals surface area contributed by atoms with Gasteiger partial charge in [0, 0.05) is 23.4 Å². The van der Waals surface area contributed by atoms with Gasteiger partial charge in [0.15, 0.2) is 0 Å². The number of fused-ring (bicyclic) bond motifs is 1. The van der Waals surface area contributed by atoms with Crippen LogP contribution >= 0.6 is 22.9 Å². The average Bonchev–Trinajstić information content (AvgIpc) is 3.64. The van der Waals surface area contributed by atoms with Crippen LogP contribution in [0.1, 0.15) is 30.6 Å². The van der Waals surface area contributed by atoms with Gasteiger partial charge in [-0.15, -0.1) is 11.3 Å². The van der Waals surface area contributed by atoms with Gasteiger partial charge < -0.3 is 14.8 Å². The Morgan fingerprint density at radius 1 is 1.15 bits per heavy atom. The molecule has 14 heteroatoms. The summed E-state index contributed by atoms with van der Waals surface area (Å²) in [7, 11) is -3.90. The number of aromatic amines is 1. The van der Waals surface area contributed by atoms with Gasteiger partial charge in [-0.2, -0.15) is 4.72 Å². The van der Waals surface area contributed by atoms with Crippen molar-refractivity contribution in [2.45, 2.75) is 37.8 Å². The number of hydrogen-bond acceptors (Lipinski definition) is 7. The van der Waals surface area contributed by atoms with Crippen LogP contribution in [0, 0.1) is 0 Å². The van der Waals surface area contributed by atoms with E-state index < -0.39 is 28.0 Å². The Morgan fingerprint density at radius 2 is 1.95 bits per heavy atom. The quantitative estimate of drug-likeness (QED) is 0.368. The van der Waals surface area contributed by atoms with E-state index in [0.29, 0.717) is 59.5 Å². The minimum atomic E-state index is -3.90. The average molecular weight is 591 g/mol. The van der Waals surface area contributed by atoms with Crippen LogP contribution in [-0.4, -0.2) is 77.6 Å². The number of carbonyl (C=O) groups excluding carboxylic acids is 3. The van der Waals surface area contributed by atoms with E-state index in [0.717, 1.165) is 10.9 Å². The Hall–Kier alpha value is -3.26. The van der Waals surface area contributed by atoms with Crippen molar-refractivity contribution in [3.05, 3.63) is 51.0 Å². The van der Waals surface area contributed by atoms with Crippen LogP contribution < -0.4 is 10.0 Å². The fourth-order valence-corrected chi connectivity index (χ4v) is 6.89. The molecular formula is C25H27ClN6O5S2. The predicted octanol–water partition coefficient (Wildman–Crippen LogP) is 2.79. The molecule has 206 valence electrons. The maximum atomic E-state index is 13.2. The summed E-state index contributed by atoms with van der Waals surface area (Å²) < 4.78 is 28.1. The Labute approximate surface area is 234 Å². The van der Waals surface area contributed by atoms with Crippen molar-refractivity contribution in [1.82, 2.24) is 24.5 Å². The number of aromatic nitrogens is 2. The summed E-state index contributed by atoms with van der Waals surface area (Å²) in [6, 6.07) is 9.09. The molecular weight excluding hydrogens is 564 g/mol. The SMILES string of the molecule is O=C(Nc1nc2ccccc2[nH]1)[C@H]1CCCN1C(=O)CN1CCC[C@H](NS(=O)(=O)C=Cc2ccc(Cl)s2)C1=O. The number of hydrogen-bond donors (Lipinski definition) is 3. The van der Waals surface area contributed by atoms with Gasteiger partial charge in [0.2, 0.25) is 33.7 Å². The van der Waals surface area contributed by atoms with E-state index in [-0.39, 0.29) is 18.4 Å². The molecule has 2 aliphatic heterocycles. The number of piperidine rings is 1. The molecule has 0 aliphatic carbocycles. The number of para-hydroxylation sites is 2. The predicted molar refractivity (Wildman–Crippen MR) is 149 cm³/mol. The number of likely N-dealkylation sites (tertiary alicyclic amines) is 2. The lowest BCUT2D eigenvalue weighted by Gasteiger charge is -2.33. The normalized spacial score (nSPS) is 20.3. The molecule has 3 amide bonds. The van der Waals surface area contributed by atoms with Gasteiger partial charge in [0.1, 0.15) is 12.1 Å². The lowest BCUT2D eigenvalue weighted by atomic mass is 10.1. The van der Waals surface area contributed by atoms with Crippen molar-refractivity contribution < 1.29 is 22.8 Å². The van der Waals surface area contributed by atoms with Crippen molar-refractivity contribution in [3.63, 3.8) is 0 Å². The monoisotopic (exact) mass is 590 g/mol. The Morgan fingerprint density at radius 3 is 2.72 bits per heavy atom. The number of halogens is 1. The number of benzene rings is 1. The number of nitrogens with zero attached hydrogens (tertiary/aromatic N) is 3. The van der Waals surface area contributed by atoms with E-state index in [2.05, 4.69) is 20.0 Å². The van der Waals surface area contributed by atoms with E-state index in [1.54, 1.807) is 12.1 Å². The first-order valence-corrected chi connectivity index (χ1v) is 15.2. The molecule has 4 heterocycles. The third-order valence-electron chi connectivity index (χ3n) is 6.68. The number of sulfonamides is 1. The Bertz CT molecular complexity index is 1500. The Kier molecular flexibility index (Phi) is 8.03. The second-order valence-electron chi connectivity index (χ2n) is 9.40. The molecule has 39 heavy (non-hydrogen) atoms. The lowest BCUT2D eigenvalue weighted by Crippen LogP contribution is -2.55. The highest BCUT2D eigenvalue weighted by Gasteiger charge is 2.37. The van der Waals surface area contributed by atoms with Gasteiger partial charge in [-0.1, -0.05) is 23.7 Å². The van der Waals surface area contributed by atoms with Crippen molar-refractivity contribution in [2.75, 3.05) is 25.0 Å². The highest BCUT2D eigenvalue weighted by molar-refractivity contribution is 7.92. The second-order valence-corrected chi connectivity index (χ2v) is 12.7. The third-order valence-corrected chi connectivity index (χ3v) is 8.98. The topological polar surface area (TPSA) is 145 Å². The molecule has 2 aromatic heterocycles. The molecule has 3 N–H and O–H groups in total. The molecule has 2 fully saturated rings. The molecule has 0 saturated carbocycles. The third kappa shape index (κ3) is 6.49. The zero-order chi connectivity index (χ0) is 27.6. The molecule has 1 aromatic carbocycles. The zero-order valence-corrected chi connectivity index (χ0v) is 23.2. The van der Waals surface area contributed by atoms with Crippen LogP contribution in [0.5, 0.6) is 0 Å². The number of H-pyrrole nitrogens is 1. The summed E-state index contributed by atoms with van der Waals surface area (Å²) >= 11 is 7.11. The minimum Gasteiger partial charge on any atom is -0.332 e. The largest absolute Gasteiger partial charge is 0.332 e. The molecule has 0 bridgehead atoms. The van der Waals surface area contributed by atoms with Crippen LogP contribution in [-0.2, 0) is 24.4 Å². The van der Waals surface area contributed by atoms with Crippen LogP contribution in [0.2, 0.25) is 4.34 Å². The van der Waals surface area contributed by atoms with Crippen LogP contribution in [0.15, 0.2) is 41.8 Å². The van der Waals surface area contributed by atoms with Gasteiger partial charge in [-0.25, -0.2) is 13.4 Å². The summed E-state index contributed by atoms with van der Waals surface area (Å²) in [6.45, 7) is 0.498. The van der Waals surface area contributed by atoms with Gasteiger partial charge >= 0.3 is 0 Å². The standard InChI is InChI=1S/C25H27ClN6O5S2/c26-21-10-9-16(38-21)11-14-39(36,37)30-19-7-3-12-31(24(19)35)15-22(33)32-13-4-8-20(32)23(34)29-25-27-17-5-1-2-6-18(17)28-25/h1-2,5-6,9-11,14,19-20,30H,3-4,7-8,12-13,15H2,(H2,27,28,29,34)/t19-,20+/m0/s1. The van der Waals surface area contributed by atoms with Gasteiger partial charge in [-0.3, -0.25) is 19.7 Å². The molecule has 2 atom stereocenters. The van der Waals surface area contributed by atoms with E-state index in [1.165, 1.54) is 27.2 Å². The summed E-state index contributed by atoms with van der Waals surface area (Å²) in [6.07, 6.45) is 3.43. The van der Waals surface area contributed by atoms with E-state index in [1.807, 2.05) is 24.3 Å². The molecule has 2 aliphatic rings. The maximum absolute atomic E-state index is 13.2. The number of thiophene rings is 1. The van der Waals surface area contributed by atoms with Gasteiger partial charge in [0.25, 0.3) is 0 Å². The molecule has 3 aromatic rings. The first-order chi connectivity index (χ1) is 18.7. The highest BCUT2D eigenvalue weighted by atomic mass is 35.5. The molecule has 2 saturated heterocycles. The summed E-state index contributed by atoms with van der Waals surface area (Å²) in [4.78, 5) is 50.2. The smallest absolute Gasteiger partial charge is 0.249 e. The number of rotatable bonds is 8. The summed E-state index contributed by atoms with van der Waals surface area (Å²) in [5.41, 5.74) is 1.50. The number of nitrogens with one attached hydrogen (secondary N) is 3. The van der Waals surface area contributed by atoms with Crippen LogP contribution in [0.3, 0.4) is 0 Å². The van der Waals surface area contributed by atoms with Crippen LogP contribution in [0.25, 0.3) is 17.1 Å². The first-order valence-electron chi connectivity index (χ1n) is 12.5. The van der Waals surface area contributed by atoms with Crippen molar-refractivity contribution in [3.8, 4) is 0 Å². The second kappa shape index (κ2) is 11.5. The van der Waals surface area contributed by atoms with Gasteiger partial charge in [0.05, 0.1) is 21.9 Å². The molecule has 5 rings (SSSR count). The first kappa shape index (κ1) is 27.3. The number of anilines is 1. The maximum Gasteiger partial charge on any atom is 0.249 e.